The predicted molar refractivity (Wildman–Crippen MR) is 85.9 cm³/mol. The van der Waals surface area contributed by atoms with Gasteiger partial charge in [-0.05, 0) is 58.0 Å². The van der Waals surface area contributed by atoms with E-state index in [1.54, 1.807) is 0 Å². The van der Waals surface area contributed by atoms with E-state index >= 15 is 0 Å². The summed E-state index contributed by atoms with van der Waals surface area (Å²) in [6.45, 7) is 2.56. The van der Waals surface area contributed by atoms with E-state index in [1.807, 2.05) is 19.1 Å². The molecule has 5 heteroatoms. The summed E-state index contributed by atoms with van der Waals surface area (Å²) >= 11 is 3.39. The van der Waals surface area contributed by atoms with Crippen LogP contribution in [0.4, 0.5) is 5.69 Å². The van der Waals surface area contributed by atoms with Crippen LogP contribution in [0.25, 0.3) is 0 Å². The number of benzene rings is 1. The van der Waals surface area contributed by atoms with Crippen molar-refractivity contribution in [2.24, 2.45) is 0 Å². The molecule has 1 saturated carbocycles. The van der Waals surface area contributed by atoms with Crippen LogP contribution in [0.15, 0.2) is 16.6 Å². The van der Waals surface area contributed by atoms with Crippen LogP contribution in [0.1, 0.15) is 35.2 Å². The van der Waals surface area contributed by atoms with E-state index in [-0.39, 0.29) is 11.4 Å². The third-order valence-corrected chi connectivity index (χ3v) is 4.93. The number of rotatable bonds is 4. The fourth-order valence-electron chi connectivity index (χ4n) is 2.64. The van der Waals surface area contributed by atoms with Crippen LogP contribution < -0.4 is 11.1 Å². The van der Waals surface area contributed by atoms with Gasteiger partial charge in [0, 0.05) is 27.8 Å². The molecule has 4 nitrogen and oxygen atoms in total. The molecule has 2 rings (SSSR count). The number of hydrogen-bond donors (Lipinski definition) is 2. The summed E-state index contributed by atoms with van der Waals surface area (Å²) in [5.41, 5.74) is 8.14. The molecule has 0 saturated heterocycles. The number of nitrogens with zero attached hydrogens (tertiary/aromatic N) is 1. The normalized spacial score (nSPS) is 16.9. The Morgan fingerprint density at radius 3 is 2.60 bits per heavy atom. The maximum absolute atomic E-state index is 12.4. The van der Waals surface area contributed by atoms with Gasteiger partial charge in [-0.15, -0.1) is 0 Å². The lowest BCUT2D eigenvalue weighted by atomic mass is 9.75. The van der Waals surface area contributed by atoms with Crippen LogP contribution >= 0.6 is 15.9 Å². The number of carbonyl (C=O) groups excluding carboxylic acids is 1. The minimum absolute atomic E-state index is 0.0522. The molecule has 0 radical (unpaired) electrons. The molecule has 1 aliphatic carbocycles. The zero-order valence-corrected chi connectivity index (χ0v) is 13.9. The fraction of sp³-hybridized carbons (Fsp3) is 0.533. The Morgan fingerprint density at radius 1 is 1.45 bits per heavy atom. The predicted octanol–water partition coefficient (Wildman–Crippen LogP) is 2.55. The Bertz CT molecular complexity index is 524. The van der Waals surface area contributed by atoms with E-state index in [1.165, 1.54) is 6.42 Å². The van der Waals surface area contributed by atoms with Crippen molar-refractivity contribution < 1.29 is 4.79 Å². The van der Waals surface area contributed by atoms with Crippen molar-refractivity contribution in [1.29, 1.82) is 0 Å². The number of carbonyl (C=O) groups is 1. The van der Waals surface area contributed by atoms with E-state index in [0.29, 0.717) is 17.8 Å². The molecule has 1 aromatic carbocycles. The van der Waals surface area contributed by atoms with Crippen molar-refractivity contribution in [3.8, 4) is 0 Å². The molecular weight excluding hydrogens is 318 g/mol. The van der Waals surface area contributed by atoms with Crippen LogP contribution in [0.2, 0.25) is 0 Å². The first-order valence-electron chi connectivity index (χ1n) is 6.87. The molecule has 110 valence electrons. The van der Waals surface area contributed by atoms with E-state index < -0.39 is 0 Å². The number of anilines is 1. The number of hydrogen-bond acceptors (Lipinski definition) is 3. The van der Waals surface area contributed by atoms with Gasteiger partial charge in [0.15, 0.2) is 0 Å². The highest BCUT2D eigenvalue weighted by Gasteiger charge is 2.39. The van der Waals surface area contributed by atoms with Crippen molar-refractivity contribution in [2.75, 3.05) is 26.4 Å². The lowest BCUT2D eigenvalue weighted by Crippen LogP contribution is -2.57. The molecule has 0 heterocycles. The summed E-state index contributed by atoms with van der Waals surface area (Å²) in [6.07, 6.45) is 3.51. The van der Waals surface area contributed by atoms with Crippen LogP contribution in [-0.2, 0) is 0 Å². The molecule has 0 aromatic heterocycles. The Balaban J connectivity index is 2.09. The highest BCUT2D eigenvalue weighted by molar-refractivity contribution is 9.10. The number of likely N-dealkylation sites (N-methyl/N-ethyl adjacent to an activating group) is 1. The van der Waals surface area contributed by atoms with Crippen LogP contribution in [-0.4, -0.2) is 37.0 Å². The highest BCUT2D eigenvalue weighted by atomic mass is 79.9. The Morgan fingerprint density at radius 2 is 2.10 bits per heavy atom. The number of nitrogens with one attached hydrogen (secondary N) is 1. The Hall–Kier alpha value is -1.07. The van der Waals surface area contributed by atoms with Gasteiger partial charge < -0.3 is 16.0 Å². The zero-order valence-electron chi connectivity index (χ0n) is 12.3. The summed E-state index contributed by atoms with van der Waals surface area (Å²) in [4.78, 5) is 14.6. The number of nitrogens with two attached hydrogens (primary N) is 1. The van der Waals surface area contributed by atoms with E-state index in [4.69, 9.17) is 5.73 Å². The van der Waals surface area contributed by atoms with Crippen molar-refractivity contribution in [2.45, 2.75) is 31.7 Å². The summed E-state index contributed by atoms with van der Waals surface area (Å²) < 4.78 is 0.830. The molecule has 1 amide bonds. The van der Waals surface area contributed by atoms with Crippen LogP contribution in [0, 0.1) is 6.92 Å². The molecule has 0 aliphatic heterocycles. The molecule has 0 bridgehead atoms. The summed E-state index contributed by atoms with van der Waals surface area (Å²) in [5, 5.41) is 3.06. The summed E-state index contributed by atoms with van der Waals surface area (Å²) in [7, 11) is 4.15. The molecule has 0 spiro atoms. The minimum atomic E-state index is -0.0522. The van der Waals surface area contributed by atoms with Gasteiger partial charge in [0.05, 0.1) is 0 Å². The lowest BCUT2D eigenvalue weighted by molar-refractivity contribution is 0.0557. The molecule has 20 heavy (non-hydrogen) atoms. The average molecular weight is 340 g/mol. The van der Waals surface area contributed by atoms with Gasteiger partial charge in [-0.1, -0.05) is 15.9 Å². The smallest absolute Gasteiger partial charge is 0.251 e. The van der Waals surface area contributed by atoms with Crippen molar-refractivity contribution in [1.82, 2.24) is 10.2 Å². The van der Waals surface area contributed by atoms with Gasteiger partial charge >= 0.3 is 0 Å². The fourth-order valence-corrected chi connectivity index (χ4v) is 3.12. The quantitative estimate of drug-likeness (QED) is 0.829. The minimum Gasteiger partial charge on any atom is -0.398 e. The average Bonchev–Trinajstić information content (AvgIpc) is 2.31. The van der Waals surface area contributed by atoms with Gasteiger partial charge in [-0.2, -0.15) is 0 Å². The highest BCUT2D eigenvalue weighted by Crippen LogP contribution is 2.35. The van der Waals surface area contributed by atoms with Gasteiger partial charge in [0.1, 0.15) is 0 Å². The second-order valence-electron chi connectivity index (χ2n) is 5.82. The van der Waals surface area contributed by atoms with E-state index in [0.717, 1.165) is 22.9 Å². The van der Waals surface area contributed by atoms with Crippen LogP contribution in [0.5, 0.6) is 0 Å². The third-order valence-electron chi connectivity index (χ3n) is 4.47. The van der Waals surface area contributed by atoms with Crippen molar-refractivity contribution >= 4 is 27.5 Å². The van der Waals surface area contributed by atoms with Crippen LogP contribution in [0.3, 0.4) is 0 Å². The zero-order chi connectivity index (χ0) is 14.9. The standard InChI is InChI=1S/C15H22BrN3O/c1-10-12(7-11(16)8-13(10)17)14(20)18-9-15(19(2)3)5-4-6-15/h7-8H,4-6,9,17H2,1-3H3,(H,18,20). The molecular formula is C15H22BrN3O. The van der Waals surface area contributed by atoms with E-state index in [2.05, 4.69) is 40.2 Å². The van der Waals surface area contributed by atoms with Gasteiger partial charge in [0.25, 0.3) is 5.91 Å². The Labute approximate surface area is 128 Å². The third kappa shape index (κ3) is 2.83. The largest absolute Gasteiger partial charge is 0.398 e. The number of nitrogen functional groups attached to an aromatic ring is 1. The Kier molecular flexibility index (Phi) is 4.39. The molecule has 1 fully saturated rings. The first-order chi connectivity index (χ1) is 9.35. The second kappa shape index (κ2) is 5.74. The number of halogens is 1. The summed E-state index contributed by atoms with van der Waals surface area (Å²) in [6, 6.07) is 3.64. The second-order valence-corrected chi connectivity index (χ2v) is 6.74. The SMILES string of the molecule is Cc1c(N)cc(Br)cc1C(=O)NCC1(N(C)C)CCC1. The maximum atomic E-state index is 12.4. The first-order valence-corrected chi connectivity index (χ1v) is 7.66. The molecule has 0 atom stereocenters. The van der Waals surface area contributed by atoms with Crippen molar-refractivity contribution in [3.63, 3.8) is 0 Å². The lowest BCUT2D eigenvalue weighted by Gasteiger charge is -2.47. The van der Waals surface area contributed by atoms with Gasteiger partial charge in [-0.3, -0.25) is 4.79 Å². The first kappa shape index (κ1) is 15.3. The van der Waals surface area contributed by atoms with E-state index in [9.17, 15) is 4.79 Å². The van der Waals surface area contributed by atoms with Gasteiger partial charge in [-0.25, -0.2) is 0 Å². The van der Waals surface area contributed by atoms with Crippen molar-refractivity contribution in [3.05, 3.63) is 27.7 Å². The topological polar surface area (TPSA) is 58.4 Å². The monoisotopic (exact) mass is 339 g/mol. The molecule has 3 N–H and O–H groups in total. The maximum Gasteiger partial charge on any atom is 0.251 e. The van der Waals surface area contributed by atoms with Gasteiger partial charge in [0.2, 0.25) is 0 Å². The summed E-state index contributed by atoms with van der Waals surface area (Å²) in [5.74, 6) is -0.0522. The number of amides is 1. The molecule has 1 aliphatic rings. The molecule has 0 unspecified atom stereocenters. The molecule has 1 aromatic rings.